The summed E-state index contributed by atoms with van der Waals surface area (Å²) < 4.78 is 10.2. The van der Waals surface area contributed by atoms with Crippen molar-refractivity contribution < 1.29 is 28.7 Å². The van der Waals surface area contributed by atoms with Crippen molar-refractivity contribution in [3.05, 3.63) is 71.8 Å². The fourth-order valence-corrected chi connectivity index (χ4v) is 4.93. The van der Waals surface area contributed by atoms with Crippen molar-refractivity contribution in [1.82, 2.24) is 15.5 Å². The summed E-state index contributed by atoms with van der Waals surface area (Å²) in [4.78, 5) is 51.4. The minimum absolute atomic E-state index is 0.0489. The summed E-state index contributed by atoms with van der Waals surface area (Å²) >= 11 is 0. The Bertz CT molecular complexity index is 1090. The highest BCUT2D eigenvalue weighted by molar-refractivity contribution is 5.85. The van der Waals surface area contributed by atoms with Gasteiger partial charge in [-0.1, -0.05) is 60.7 Å². The van der Waals surface area contributed by atoms with Crippen LogP contribution in [0.1, 0.15) is 63.0 Å². The summed E-state index contributed by atoms with van der Waals surface area (Å²) in [6.45, 7) is 3.87. The topological polar surface area (TPSA) is 114 Å². The van der Waals surface area contributed by atoms with Crippen LogP contribution in [0, 0.1) is 5.92 Å². The van der Waals surface area contributed by atoms with E-state index in [4.69, 9.17) is 9.47 Å². The van der Waals surface area contributed by atoms with Gasteiger partial charge in [0.05, 0.1) is 13.0 Å². The predicted octanol–water partition coefficient (Wildman–Crippen LogP) is 4.39. The van der Waals surface area contributed by atoms with E-state index in [0.717, 1.165) is 24.8 Å². The van der Waals surface area contributed by atoms with Crippen molar-refractivity contribution in [2.75, 3.05) is 26.2 Å². The number of esters is 1. The van der Waals surface area contributed by atoms with Gasteiger partial charge >= 0.3 is 12.1 Å². The minimum atomic E-state index is -0.705. The summed E-state index contributed by atoms with van der Waals surface area (Å²) in [5.74, 6) is -0.181. The normalized spacial score (nSPS) is 14.1. The summed E-state index contributed by atoms with van der Waals surface area (Å²) in [7, 11) is 0. The number of piperidine rings is 1. The van der Waals surface area contributed by atoms with Gasteiger partial charge in [0.1, 0.15) is 12.6 Å². The third kappa shape index (κ3) is 12.0. The lowest BCUT2D eigenvalue weighted by molar-refractivity contribution is -0.144. The van der Waals surface area contributed by atoms with Gasteiger partial charge < -0.3 is 25.0 Å². The first-order valence-corrected chi connectivity index (χ1v) is 14.7. The van der Waals surface area contributed by atoms with Gasteiger partial charge in [-0.15, -0.1) is 0 Å². The van der Waals surface area contributed by atoms with Gasteiger partial charge in [-0.05, 0) is 62.5 Å². The summed E-state index contributed by atoms with van der Waals surface area (Å²) in [6, 6.07) is 19.1. The van der Waals surface area contributed by atoms with E-state index in [1.165, 1.54) is 5.56 Å². The molecule has 1 aliphatic heterocycles. The van der Waals surface area contributed by atoms with Crippen LogP contribution in [-0.2, 0) is 36.9 Å². The number of nitrogens with zero attached hydrogens (tertiary/aromatic N) is 1. The number of rotatable bonds is 15. The van der Waals surface area contributed by atoms with E-state index in [1.54, 1.807) is 6.92 Å². The Morgan fingerprint density at radius 2 is 1.54 bits per heavy atom. The number of alkyl carbamates (subject to hydrolysis) is 1. The lowest BCUT2D eigenvalue weighted by Gasteiger charge is -2.34. The average Bonchev–Trinajstić information content (AvgIpc) is 2.99. The summed E-state index contributed by atoms with van der Waals surface area (Å²) in [6.07, 6.45) is 4.03. The van der Waals surface area contributed by atoms with Crippen LogP contribution in [0.5, 0.6) is 0 Å². The molecule has 0 unspecified atom stereocenters. The Morgan fingerprint density at radius 1 is 0.878 bits per heavy atom. The van der Waals surface area contributed by atoms with Crippen LogP contribution in [0.15, 0.2) is 60.7 Å². The maximum absolute atomic E-state index is 13.5. The number of nitrogens with one attached hydrogen (secondary N) is 2. The first kappa shape index (κ1) is 31.6. The van der Waals surface area contributed by atoms with Crippen molar-refractivity contribution in [3.63, 3.8) is 0 Å². The maximum Gasteiger partial charge on any atom is 0.408 e. The number of ether oxygens (including phenoxy) is 2. The van der Waals surface area contributed by atoms with Crippen molar-refractivity contribution in [2.24, 2.45) is 5.92 Å². The standard InChI is InChI=1S/C32H43N3O6/c1-2-40-30(37)17-16-29(36)33-20-10-9-15-28(34-32(39)41-24-27-13-7-4-8-14-27)31(38)35-21-18-26(19-22-35)23-25-11-5-3-6-12-25/h3-8,11-14,26,28H,2,9-10,15-24H2,1H3,(H,33,36)(H,34,39)/t28-/m1/s1. The van der Waals surface area contributed by atoms with Gasteiger partial charge in [-0.3, -0.25) is 14.4 Å². The second-order valence-corrected chi connectivity index (χ2v) is 10.4. The lowest BCUT2D eigenvalue weighted by Crippen LogP contribution is -2.51. The number of carbonyl (C=O) groups excluding carboxylic acids is 4. The molecule has 3 rings (SSSR count). The van der Waals surface area contributed by atoms with Crippen LogP contribution in [-0.4, -0.2) is 61.1 Å². The number of benzene rings is 2. The second-order valence-electron chi connectivity index (χ2n) is 10.4. The van der Waals surface area contributed by atoms with E-state index in [2.05, 4.69) is 34.9 Å². The Labute approximate surface area is 243 Å². The van der Waals surface area contributed by atoms with Gasteiger partial charge in [0.25, 0.3) is 0 Å². The van der Waals surface area contributed by atoms with E-state index in [0.29, 0.717) is 51.4 Å². The molecule has 2 aromatic carbocycles. The van der Waals surface area contributed by atoms with E-state index in [-0.39, 0.29) is 31.3 Å². The number of likely N-dealkylation sites (tertiary alicyclic amines) is 1. The molecule has 9 nitrogen and oxygen atoms in total. The lowest BCUT2D eigenvalue weighted by atomic mass is 9.90. The Morgan fingerprint density at radius 3 is 2.20 bits per heavy atom. The molecule has 2 aromatic rings. The smallest absolute Gasteiger partial charge is 0.408 e. The molecule has 1 atom stereocenters. The molecule has 2 N–H and O–H groups in total. The largest absolute Gasteiger partial charge is 0.466 e. The van der Waals surface area contributed by atoms with Gasteiger partial charge in [-0.2, -0.15) is 0 Å². The Hall–Kier alpha value is -3.88. The Balaban J connectivity index is 1.46. The molecule has 0 spiro atoms. The highest BCUT2D eigenvalue weighted by Gasteiger charge is 2.29. The van der Waals surface area contributed by atoms with Crippen molar-refractivity contribution in [2.45, 2.75) is 70.9 Å². The van der Waals surface area contributed by atoms with Crippen LogP contribution in [0.2, 0.25) is 0 Å². The van der Waals surface area contributed by atoms with Crippen molar-refractivity contribution in [3.8, 4) is 0 Å². The quantitative estimate of drug-likeness (QED) is 0.245. The van der Waals surface area contributed by atoms with E-state index in [1.807, 2.05) is 41.3 Å². The highest BCUT2D eigenvalue weighted by Crippen LogP contribution is 2.22. The average molecular weight is 566 g/mol. The number of carbonyl (C=O) groups is 4. The number of unbranched alkanes of at least 4 members (excludes halogenated alkanes) is 1. The molecule has 0 aromatic heterocycles. The molecule has 222 valence electrons. The highest BCUT2D eigenvalue weighted by atomic mass is 16.5. The van der Waals surface area contributed by atoms with Crippen molar-refractivity contribution >= 4 is 23.9 Å². The molecule has 1 saturated heterocycles. The molecule has 41 heavy (non-hydrogen) atoms. The molecular weight excluding hydrogens is 522 g/mol. The predicted molar refractivity (Wildman–Crippen MR) is 156 cm³/mol. The zero-order valence-electron chi connectivity index (χ0n) is 24.0. The molecule has 0 radical (unpaired) electrons. The molecule has 0 aliphatic carbocycles. The first-order valence-electron chi connectivity index (χ1n) is 14.7. The summed E-state index contributed by atoms with van der Waals surface area (Å²) in [5.41, 5.74) is 2.18. The third-order valence-corrected chi connectivity index (χ3v) is 7.20. The van der Waals surface area contributed by atoms with E-state index in [9.17, 15) is 19.2 Å². The third-order valence-electron chi connectivity index (χ3n) is 7.20. The molecule has 9 heteroatoms. The molecule has 1 aliphatic rings. The first-order chi connectivity index (χ1) is 19.9. The van der Waals surface area contributed by atoms with Crippen LogP contribution in [0.3, 0.4) is 0 Å². The van der Waals surface area contributed by atoms with Crippen LogP contribution in [0.25, 0.3) is 0 Å². The number of amides is 3. The van der Waals surface area contributed by atoms with Crippen LogP contribution in [0.4, 0.5) is 4.79 Å². The van der Waals surface area contributed by atoms with Gasteiger partial charge in [0.15, 0.2) is 0 Å². The molecule has 0 bridgehead atoms. The fraction of sp³-hybridized carbons (Fsp3) is 0.500. The van der Waals surface area contributed by atoms with E-state index >= 15 is 0 Å². The number of hydrogen-bond donors (Lipinski definition) is 2. The van der Waals surface area contributed by atoms with Gasteiger partial charge in [0.2, 0.25) is 11.8 Å². The maximum atomic E-state index is 13.5. The molecular formula is C32H43N3O6. The zero-order chi connectivity index (χ0) is 29.3. The number of hydrogen-bond acceptors (Lipinski definition) is 6. The monoisotopic (exact) mass is 565 g/mol. The molecule has 0 saturated carbocycles. The molecule has 1 heterocycles. The zero-order valence-corrected chi connectivity index (χ0v) is 24.0. The van der Waals surface area contributed by atoms with Gasteiger partial charge in [0, 0.05) is 26.1 Å². The van der Waals surface area contributed by atoms with E-state index < -0.39 is 18.1 Å². The molecule has 3 amide bonds. The van der Waals surface area contributed by atoms with Crippen molar-refractivity contribution in [1.29, 1.82) is 0 Å². The second kappa shape index (κ2) is 17.7. The SMILES string of the molecule is CCOC(=O)CCC(=O)NCCCC[C@@H](NC(=O)OCc1ccccc1)C(=O)N1CCC(Cc2ccccc2)CC1. The fourth-order valence-electron chi connectivity index (χ4n) is 4.93. The Kier molecular flexibility index (Phi) is 13.7. The van der Waals surface area contributed by atoms with Crippen LogP contribution < -0.4 is 10.6 Å². The molecule has 1 fully saturated rings. The minimum Gasteiger partial charge on any atom is -0.466 e. The van der Waals surface area contributed by atoms with Gasteiger partial charge in [-0.25, -0.2) is 4.79 Å². The van der Waals surface area contributed by atoms with Crippen LogP contribution >= 0.6 is 0 Å². The summed E-state index contributed by atoms with van der Waals surface area (Å²) in [5, 5.41) is 5.59.